The highest BCUT2D eigenvalue weighted by atomic mass is 32.2. The molecule has 124 valence electrons. The number of carboxylic acid groups (broad SMARTS) is 1. The number of hydrogen-bond donors (Lipinski definition) is 1. The van der Waals surface area contributed by atoms with Crippen LogP contribution in [0.1, 0.15) is 9.67 Å². The number of carboxylic acids is 1. The molecule has 1 N–H and O–H groups in total. The van der Waals surface area contributed by atoms with Crippen LogP contribution < -0.4 is 11.2 Å². The molecule has 0 fully saturated rings. The van der Waals surface area contributed by atoms with E-state index in [4.69, 9.17) is 5.11 Å². The van der Waals surface area contributed by atoms with Crippen molar-refractivity contribution in [3.63, 3.8) is 0 Å². The number of aryl methyl sites for hydroxylation is 1. The minimum absolute atomic E-state index is 0.0495. The predicted octanol–water partition coefficient (Wildman–Crippen LogP) is 2.25. The maximum absolute atomic E-state index is 12.5. The highest BCUT2D eigenvalue weighted by Gasteiger charge is 2.17. The molecule has 0 aliphatic rings. The topological polar surface area (TPSA) is 81.3 Å². The lowest BCUT2D eigenvalue weighted by Gasteiger charge is -2.08. The number of benzene rings is 1. The van der Waals surface area contributed by atoms with Crippen LogP contribution in [0.3, 0.4) is 0 Å². The number of thioether (sulfide) groups is 1. The highest BCUT2D eigenvalue weighted by molar-refractivity contribution is 7.99. The van der Waals surface area contributed by atoms with Gasteiger partial charge in [0.2, 0.25) is 0 Å². The van der Waals surface area contributed by atoms with Crippen molar-refractivity contribution in [2.45, 2.75) is 11.4 Å². The molecule has 3 aromatic rings. The van der Waals surface area contributed by atoms with Crippen LogP contribution in [0, 0.1) is 0 Å². The minimum Gasteiger partial charge on any atom is -0.477 e. The Labute approximate surface area is 145 Å². The molecule has 2 aromatic heterocycles. The van der Waals surface area contributed by atoms with E-state index in [0.29, 0.717) is 10.6 Å². The fourth-order valence-corrected chi connectivity index (χ4v) is 4.16. The van der Waals surface area contributed by atoms with Gasteiger partial charge in [0.1, 0.15) is 9.71 Å². The minimum atomic E-state index is -1.10. The van der Waals surface area contributed by atoms with Gasteiger partial charge in [0.05, 0.1) is 5.39 Å². The van der Waals surface area contributed by atoms with Gasteiger partial charge < -0.3 is 5.11 Å². The lowest BCUT2D eigenvalue weighted by atomic mass is 10.3. The number of rotatable bonds is 5. The summed E-state index contributed by atoms with van der Waals surface area (Å²) in [6.45, 7) is 0.263. The fourth-order valence-electron chi connectivity index (χ4n) is 2.36. The number of fused-ring (bicyclic) bond motifs is 1. The Bertz CT molecular complexity index is 1020. The molecule has 0 radical (unpaired) electrons. The largest absolute Gasteiger partial charge is 0.477 e. The first-order valence-corrected chi connectivity index (χ1v) is 8.94. The third-order valence-electron chi connectivity index (χ3n) is 3.55. The molecule has 0 aliphatic carbocycles. The molecule has 6 nitrogen and oxygen atoms in total. The van der Waals surface area contributed by atoms with Gasteiger partial charge in [-0.3, -0.25) is 13.9 Å². The Kier molecular flexibility index (Phi) is 4.59. The lowest BCUT2D eigenvalue weighted by Crippen LogP contribution is -2.39. The Morgan fingerprint density at radius 3 is 2.62 bits per heavy atom. The Hall–Kier alpha value is -2.32. The second-order valence-electron chi connectivity index (χ2n) is 5.09. The number of aromatic nitrogens is 2. The summed E-state index contributed by atoms with van der Waals surface area (Å²) < 4.78 is 2.50. The second kappa shape index (κ2) is 6.66. The first-order chi connectivity index (χ1) is 11.5. The molecule has 0 bridgehead atoms. The van der Waals surface area contributed by atoms with Gasteiger partial charge >= 0.3 is 11.7 Å². The Morgan fingerprint density at radius 2 is 1.96 bits per heavy atom. The monoisotopic (exact) mass is 362 g/mol. The third kappa shape index (κ3) is 3.02. The summed E-state index contributed by atoms with van der Waals surface area (Å²) in [7, 11) is 1.55. The number of nitrogens with zero attached hydrogens (tertiary/aromatic N) is 2. The van der Waals surface area contributed by atoms with E-state index in [0.717, 1.165) is 20.8 Å². The molecule has 0 saturated carbocycles. The summed E-state index contributed by atoms with van der Waals surface area (Å²) >= 11 is 2.49. The second-order valence-corrected chi connectivity index (χ2v) is 7.29. The molecule has 8 heteroatoms. The molecule has 24 heavy (non-hydrogen) atoms. The van der Waals surface area contributed by atoms with Crippen LogP contribution in [0.2, 0.25) is 0 Å². The van der Waals surface area contributed by atoms with Crippen molar-refractivity contribution in [2.75, 3.05) is 5.75 Å². The number of hydrogen-bond acceptors (Lipinski definition) is 5. The Balaban J connectivity index is 1.94. The van der Waals surface area contributed by atoms with Crippen molar-refractivity contribution >= 4 is 39.3 Å². The van der Waals surface area contributed by atoms with Gasteiger partial charge in [-0.2, -0.15) is 0 Å². The maximum Gasteiger partial charge on any atom is 0.345 e. The van der Waals surface area contributed by atoms with Crippen molar-refractivity contribution in [3.8, 4) is 0 Å². The molecule has 1 aromatic carbocycles. The molecule has 0 aliphatic heterocycles. The van der Waals surface area contributed by atoms with Crippen LogP contribution in [0.4, 0.5) is 0 Å². The standard InChI is InChI=1S/C16H14N2O4S2/c1-17-14-11(9-12(24-14)15(20)21)13(19)18(16(17)22)7-8-23-10-5-3-2-4-6-10/h2-6,9H,7-8H2,1H3,(H,20,21). The molecule has 3 rings (SSSR count). The van der Waals surface area contributed by atoms with E-state index in [-0.39, 0.29) is 16.8 Å². The van der Waals surface area contributed by atoms with Crippen molar-refractivity contribution in [1.29, 1.82) is 0 Å². The van der Waals surface area contributed by atoms with Crippen molar-refractivity contribution < 1.29 is 9.90 Å². The van der Waals surface area contributed by atoms with Crippen LogP contribution in [0.5, 0.6) is 0 Å². The normalized spacial score (nSPS) is 11.0. The summed E-state index contributed by atoms with van der Waals surface area (Å²) in [5.74, 6) is -0.533. The molecule has 0 unspecified atom stereocenters. The van der Waals surface area contributed by atoms with E-state index in [1.165, 1.54) is 10.6 Å². The van der Waals surface area contributed by atoms with Crippen LogP contribution in [0.25, 0.3) is 10.2 Å². The van der Waals surface area contributed by atoms with Crippen molar-refractivity contribution in [3.05, 3.63) is 62.1 Å². The van der Waals surface area contributed by atoms with E-state index in [2.05, 4.69) is 0 Å². The average Bonchev–Trinajstić information content (AvgIpc) is 3.03. The van der Waals surface area contributed by atoms with Gasteiger partial charge in [0, 0.05) is 24.2 Å². The zero-order valence-electron chi connectivity index (χ0n) is 12.8. The van der Waals surface area contributed by atoms with E-state index >= 15 is 0 Å². The first-order valence-electron chi connectivity index (χ1n) is 7.13. The first kappa shape index (κ1) is 16.5. The number of thiophene rings is 1. The number of carbonyl (C=O) groups is 1. The zero-order valence-corrected chi connectivity index (χ0v) is 14.4. The lowest BCUT2D eigenvalue weighted by molar-refractivity contribution is 0.0702. The van der Waals surface area contributed by atoms with Crippen LogP contribution in [0.15, 0.2) is 50.9 Å². The SMILES string of the molecule is Cn1c(=O)n(CCSc2ccccc2)c(=O)c2cc(C(=O)O)sc21. The van der Waals surface area contributed by atoms with Gasteiger partial charge in [0.25, 0.3) is 5.56 Å². The molecule has 0 atom stereocenters. The summed E-state index contributed by atoms with van der Waals surface area (Å²) in [6, 6.07) is 11.1. The summed E-state index contributed by atoms with van der Waals surface area (Å²) in [5.41, 5.74) is -0.870. The molecule has 0 saturated heterocycles. The van der Waals surface area contributed by atoms with Crippen LogP contribution >= 0.6 is 23.1 Å². The van der Waals surface area contributed by atoms with E-state index < -0.39 is 17.2 Å². The van der Waals surface area contributed by atoms with Crippen LogP contribution in [-0.2, 0) is 13.6 Å². The molecule has 2 heterocycles. The smallest absolute Gasteiger partial charge is 0.345 e. The zero-order chi connectivity index (χ0) is 17.3. The predicted molar refractivity (Wildman–Crippen MR) is 95.5 cm³/mol. The average molecular weight is 362 g/mol. The fraction of sp³-hybridized carbons (Fsp3) is 0.188. The van der Waals surface area contributed by atoms with Gasteiger partial charge in [-0.15, -0.1) is 23.1 Å². The molecule has 0 spiro atoms. The third-order valence-corrected chi connectivity index (χ3v) is 5.74. The molecular formula is C16H14N2O4S2. The van der Waals surface area contributed by atoms with E-state index in [1.807, 2.05) is 30.3 Å². The summed E-state index contributed by atoms with van der Waals surface area (Å²) in [5, 5.41) is 9.35. The quantitative estimate of drug-likeness (QED) is 0.704. The van der Waals surface area contributed by atoms with Crippen molar-refractivity contribution in [1.82, 2.24) is 9.13 Å². The highest BCUT2D eigenvalue weighted by Crippen LogP contribution is 2.22. The van der Waals surface area contributed by atoms with E-state index in [1.54, 1.807) is 18.8 Å². The Morgan fingerprint density at radius 1 is 1.25 bits per heavy atom. The van der Waals surface area contributed by atoms with Crippen molar-refractivity contribution in [2.24, 2.45) is 7.05 Å². The molecular weight excluding hydrogens is 348 g/mol. The van der Waals surface area contributed by atoms with Gasteiger partial charge in [-0.05, 0) is 18.2 Å². The van der Waals surface area contributed by atoms with Gasteiger partial charge in [-0.25, -0.2) is 9.59 Å². The van der Waals surface area contributed by atoms with Crippen LogP contribution in [-0.4, -0.2) is 26.0 Å². The van der Waals surface area contributed by atoms with Gasteiger partial charge in [-0.1, -0.05) is 18.2 Å². The number of aromatic carboxylic acids is 1. The summed E-state index contributed by atoms with van der Waals surface area (Å²) in [4.78, 5) is 37.5. The van der Waals surface area contributed by atoms with E-state index in [9.17, 15) is 14.4 Å². The maximum atomic E-state index is 12.5. The molecule has 0 amide bonds. The van der Waals surface area contributed by atoms with Gasteiger partial charge in [0.15, 0.2) is 0 Å². The summed E-state index contributed by atoms with van der Waals surface area (Å²) in [6.07, 6.45) is 0.